The van der Waals surface area contributed by atoms with E-state index in [2.05, 4.69) is 5.10 Å². The summed E-state index contributed by atoms with van der Waals surface area (Å²) < 4.78 is 42.4. The van der Waals surface area contributed by atoms with Crippen LogP contribution in [0.2, 0.25) is 5.15 Å². The van der Waals surface area contributed by atoms with Gasteiger partial charge in [-0.2, -0.15) is 9.40 Å². The van der Waals surface area contributed by atoms with E-state index in [0.29, 0.717) is 17.8 Å². The second-order valence-electron chi connectivity index (χ2n) is 7.52. The molecule has 1 saturated heterocycles. The number of piperazine rings is 1. The lowest BCUT2D eigenvalue weighted by molar-refractivity contribution is 0.0697. The predicted molar refractivity (Wildman–Crippen MR) is 119 cm³/mol. The average molecular weight is 477 g/mol. The zero-order valence-corrected chi connectivity index (χ0v) is 19.0. The van der Waals surface area contributed by atoms with Crippen LogP contribution in [0.5, 0.6) is 0 Å². The standard InChI is InChI=1S/C22H22ClFN4O3S/c1-16-20(21(23)28(25-16)15-17-7-3-2-4-8-17)22(29)26-11-13-27(14-12-26)32(30,31)19-10-6-5-9-18(19)24/h2-10H,11-15H2,1H3. The third-order valence-electron chi connectivity index (χ3n) is 5.43. The van der Waals surface area contributed by atoms with Crippen molar-refractivity contribution in [3.8, 4) is 0 Å². The molecule has 1 aliphatic rings. The molecule has 4 rings (SSSR count). The van der Waals surface area contributed by atoms with Crippen LogP contribution in [0.25, 0.3) is 0 Å². The molecule has 0 atom stereocenters. The molecule has 1 amide bonds. The molecule has 1 aliphatic heterocycles. The predicted octanol–water partition coefficient (Wildman–Crippen LogP) is 3.18. The maximum absolute atomic E-state index is 14.0. The van der Waals surface area contributed by atoms with Crippen LogP contribution in [-0.2, 0) is 16.6 Å². The molecule has 2 aromatic carbocycles. The number of sulfonamides is 1. The molecule has 0 unspecified atom stereocenters. The van der Waals surface area contributed by atoms with Crippen molar-refractivity contribution in [2.24, 2.45) is 0 Å². The zero-order valence-electron chi connectivity index (χ0n) is 17.4. The summed E-state index contributed by atoms with van der Waals surface area (Å²) in [6, 6.07) is 14.9. The monoisotopic (exact) mass is 476 g/mol. The Bertz CT molecular complexity index is 1240. The fourth-order valence-corrected chi connectivity index (χ4v) is 5.54. The molecule has 0 radical (unpaired) electrons. The molecule has 3 aromatic rings. The van der Waals surface area contributed by atoms with Gasteiger partial charge in [0.25, 0.3) is 5.91 Å². The van der Waals surface area contributed by atoms with Gasteiger partial charge in [-0.15, -0.1) is 0 Å². The summed E-state index contributed by atoms with van der Waals surface area (Å²) in [5.74, 6) is -1.09. The van der Waals surface area contributed by atoms with Crippen molar-refractivity contribution in [2.75, 3.05) is 26.2 Å². The van der Waals surface area contributed by atoms with Gasteiger partial charge in [-0.05, 0) is 24.6 Å². The number of rotatable bonds is 5. The van der Waals surface area contributed by atoms with Gasteiger partial charge in [0, 0.05) is 26.2 Å². The molecule has 32 heavy (non-hydrogen) atoms. The van der Waals surface area contributed by atoms with Gasteiger partial charge in [0.05, 0.1) is 17.8 Å². The topological polar surface area (TPSA) is 75.5 Å². The summed E-state index contributed by atoms with van der Waals surface area (Å²) in [4.78, 5) is 14.3. The first kappa shape index (κ1) is 22.4. The second kappa shape index (κ2) is 9.01. The number of nitrogens with zero attached hydrogens (tertiary/aromatic N) is 4. The number of aryl methyl sites for hydroxylation is 1. The fraction of sp³-hybridized carbons (Fsp3) is 0.273. The SMILES string of the molecule is Cc1nn(Cc2ccccc2)c(Cl)c1C(=O)N1CCN(S(=O)(=O)c2ccccc2F)CC1. The van der Waals surface area contributed by atoms with Gasteiger partial charge in [-0.25, -0.2) is 17.5 Å². The molecule has 1 fully saturated rings. The molecule has 0 aliphatic carbocycles. The summed E-state index contributed by atoms with van der Waals surface area (Å²) in [6.45, 7) is 2.63. The Morgan fingerprint density at radius 2 is 1.66 bits per heavy atom. The van der Waals surface area contributed by atoms with Gasteiger partial charge in [0.15, 0.2) is 0 Å². The first-order valence-corrected chi connectivity index (χ1v) is 11.9. The average Bonchev–Trinajstić information content (AvgIpc) is 3.07. The molecular weight excluding hydrogens is 455 g/mol. The molecule has 168 valence electrons. The highest BCUT2D eigenvalue weighted by Gasteiger charge is 2.33. The van der Waals surface area contributed by atoms with Crippen molar-refractivity contribution in [1.82, 2.24) is 19.0 Å². The first-order valence-electron chi connectivity index (χ1n) is 10.1. The van der Waals surface area contributed by atoms with E-state index in [1.165, 1.54) is 22.5 Å². The van der Waals surface area contributed by atoms with Crippen molar-refractivity contribution in [3.05, 3.63) is 82.4 Å². The summed E-state index contributed by atoms with van der Waals surface area (Å²) in [7, 11) is -3.98. The minimum absolute atomic E-state index is 0.0667. The molecular formula is C22H22ClFN4O3S. The number of hydrogen-bond acceptors (Lipinski definition) is 4. The Balaban J connectivity index is 1.48. The van der Waals surface area contributed by atoms with Crippen LogP contribution in [0.4, 0.5) is 4.39 Å². The zero-order chi connectivity index (χ0) is 22.9. The Morgan fingerprint density at radius 3 is 2.31 bits per heavy atom. The summed E-state index contributed by atoms with van der Waals surface area (Å²) >= 11 is 6.50. The Kier molecular flexibility index (Phi) is 6.32. The van der Waals surface area contributed by atoms with E-state index in [0.717, 1.165) is 11.6 Å². The normalized spacial score (nSPS) is 15.2. The number of carbonyl (C=O) groups excluding carboxylic acids is 1. The fourth-order valence-electron chi connectivity index (χ4n) is 3.74. The van der Waals surface area contributed by atoms with Gasteiger partial charge >= 0.3 is 0 Å². The van der Waals surface area contributed by atoms with Crippen LogP contribution in [0, 0.1) is 12.7 Å². The van der Waals surface area contributed by atoms with E-state index < -0.39 is 15.8 Å². The molecule has 1 aromatic heterocycles. The van der Waals surface area contributed by atoms with Gasteiger partial charge in [-0.1, -0.05) is 54.1 Å². The molecule has 0 N–H and O–H groups in total. The van der Waals surface area contributed by atoms with Gasteiger partial charge in [0.2, 0.25) is 10.0 Å². The minimum atomic E-state index is -3.98. The second-order valence-corrected chi connectivity index (χ2v) is 9.79. The lowest BCUT2D eigenvalue weighted by Crippen LogP contribution is -2.50. The van der Waals surface area contributed by atoms with Crippen molar-refractivity contribution >= 4 is 27.5 Å². The molecule has 10 heteroatoms. The van der Waals surface area contributed by atoms with Crippen LogP contribution in [0.1, 0.15) is 21.6 Å². The van der Waals surface area contributed by atoms with E-state index in [-0.39, 0.29) is 42.1 Å². The van der Waals surface area contributed by atoms with E-state index >= 15 is 0 Å². The summed E-state index contributed by atoms with van der Waals surface area (Å²) in [5, 5.41) is 4.66. The molecule has 0 bridgehead atoms. The number of aromatic nitrogens is 2. The van der Waals surface area contributed by atoms with Gasteiger partial charge in [-0.3, -0.25) is 4.79 Å². The highest BCUT2D eigenvalue weighted by atomic mass is 35.5. The van der Waals surface area contributed by atoms with Gasteiger partial charge < -0.3 is 4.90 Å². The van der Waals surface area contributed by atoms with E-state index in [9.17, 15) is 17.6 Å². The minimum Gasteiger partial charge on any atom is -0.336 e. The Morgan fingerprint density at radius 1 is 1.03 bits per heavy atom. The number of hydrogen-bond donors (Lipinski definition) is 0. The van der Waals surface area contributed by atoms with Gasteiger partial charge in [0.1, 0.15) is 15.9 Å². The third kappa shape index (κ3) is 4.28. The smallest absolute Gasteiger partial charge is 0.258 e. The van der Waals surface area contributed by atoms with Crippen LogP contribution >= 0.6 is 11.6 Å². The van der Waals surface area contributed by atoms with Crippen LogP contribution < -0.4 is 0 Å². The number of halogens is 2. The Labute approximate surface area is 191 Å². The third-order valence-corrected chi connectivity index (χ3v) is 7.75. The first-order chi connectivity index (χ1) is 15.3. The maximum Gasteiger partial charge on any atom is 0.258 e. The van der Waals surface area contributed by atoms with Crippen LogP contribution in [0.15, 0.2) is 59.5 Å². The Hall–Kier alpha value is -2.75. The highest BCUT2D eigenvalue weighted by Crippen LogP contribution is 2.25. The molecule has 2 heterocycles. The van der Waals surface area contributed by atoms with Crippen molar-refractivity contribution in [2.45, 2.75) is 18.4 Å². The largest absolute Gasteiger partial charge is 0.336 e. The summed E-state index contributed by atoms with van der Waals surface area (Å²) in [6.07, 6.45) is 0. The van der Waals surface area contributed by atoms with Crippen molar-refractivity contribution in [3.63, 3.8) is 0 Å². The maximum atomic E-state index is 14.0. The quantitative estimate of drug-likeness (QED) is 0.566. The molecule has 7 nitrogen and oxygen atoms in total. The van der Waals surface area contributed by atoms with Crippen molar-refractivity contribution < 1.29 is 17.6 Å². The van der Waals surface area contributed by atoms with E-state index in [1.54, 1.807) is 16.5 Å². The lowest BCUT2D eigenvalue weighted by Gasteiger charge is -2.34. The number of carbonyl (C=O) groups is 1. The van der Waals surface area contributed by atoms with Crippen molar-refractivity contribution in [1.29, 1.82) is 0 Å². The highest BCUT2D eigenvalue weighted by molar-refractivity contribution is 7.89. The number of benzene rings is 2. The number of amides is 1. The van der Waals surface area contributed by atoms with E-state index in [1.807, 2.05) is 30.3 Å². The van der Waals surface area contributed by atoms with Crippen LogP contribution in [-0.4, -0.2) is 59.5 Å². The molecule has 0 saturated carbocycles. The van der Waals surface area contributed by atoms with Crippen LogP contribution in [0.3, 0.4) is 0 Å². The lowest BCUT2D eigenvalue weighted by atomic mass is 10.2. The molecule has 0 spiro atoms. The van der Waals surface area contributed by atoms with E-state index in [4.69, 9.17) is 11.6 Å². The summed E-state index contributed by atoms with van der Waals surface area (Å²) in [5.41, 5.74) is 1.83.